The molecule has 0 saturated carbocycles. The summed E-state index contributed by atoms with van der Waals surface area (Å²) in [6.07, 6.45) is 1.31. The Kier molecular flexibility index (Phi) is 4.47. The van der Waals surface area contributed by atoms with E-state index in [9.17, 15) is 4.79 Å². The Labute approximate surface area is 103 Å². The minimum Gasteiger partial charge on any atom is -0.426 e. The Morgan fingerprint density at radius 1 is 1.47 bits per heavy atom. The third kappa shape index (κ3) is 4.12. The Hall–Kier alpha value is -2.08. The van der Waals surface area contributed by atoms with Crippen LogP contribution >= 0.6 is 11.6 Å². The van der Waals surface area contributed by atoms with Crippen molar-refractivity contribution in [3.8, 4) is 5.75 Å². The number of nitrogens with zero attached hydrogens (tertiary/aromatic N) is 2. The van der Waals surface area contributed by atoms with Gasteiger partial charge in [0.25, 0.3) is 0 Å². The number of nitrogens with two attached hydrogens (primary N) is 2. The van der Waals surface area contributed by atoms with E-state index in [-0.39, 0.29) is 5.96 Å². The second-order valence-corrected chi connectivity index (χ2v) is 3.42. The lowest BCUT2D eigenvalue weighted by atomic mass is 10.2. The summed E-state index contributed by atoms with van der Waals surface area (Å²) in [5.74, 6) is -0.342. The molecule has 0 amide bonds. The zero-order chi connectivity index (χ0) is 12.8. The van der Waals surface area contributed by atoms with Crippen LogP contribution in [0.2, 0.25) is 5.02 Å². The molecule has 0 fully saturated rings. The van der Waals surface area contributed by atoms with E-state index in [1.165, 1.54) is 13.1 Å². The second kappa shape index (κ2) is 5.86. The summed E-state index contributed by atoms with van der Waals surface area (Å²) in [4.78, 5) is 10.9. The number of carbonyl (C=O) groups excluding carboxylic acids is 1. The van der Waals surface area contributed by atoms with E-state index in [0.29, 0.717) is 16.3 Å². The van der Waals surface area contributed by atoms with Crippen molar-refractivity contribution in [3.05, 3.63) is 28.8 Å². The molecule has 0 spiro atoms. The molecule has 0 aromatic heterocycles. The number of benzene rings is 1. The van der Waals surface area contributed by atoms with Gasteiger partial charge in [-0.05, 0) is 12.1 Å². The molecular weight excluding hydrogens is 244 g/mol. The van der Waals surface area contributed by atoms with Gasteiger partial charge in [0.1, 0.15) is 5.75 Å². The maximum atomic E-state index is 10.9. The second-order valence-electron chi connectivity index (χ2n) is 3.01. The van der Waals surface area contributed by atoms with Gasteiger partial charge in [-0.1, -0.05) is 17.7 Å². The van der Waals surface area contributed by atoms with Crippen molar-refractivity contribution in [2.75, 3.05) is 0 Å². The first kappa shape index (κ1) is 13.0. The quantitative estimate of drug-likeness (QED) is 0.275. The van der Waals surface area contributed by atoms with Crippen LogP contribution in [0.1, 0.15) is 12.5 Å². The highest BCUT2D eigenvalue weighted by molar-refractivity contribution is 6.33. The highest BCUT2D eigenvalue weighted by Crippen LogP contribution is 2.24. The standard InChI is InChI=1S/C10H11ClN4O2/c1-6(16)17-9-4-2-3-8(11)7(9)5-14-15-10(12)13/h2-5H,1H3,(H4,12,13,15)/b14-5+. The van der Waals surface area contributed by atoms with E-state index in [4.69, 9.17) is 27.8 Å². The summed E-state index contributed by atoms with van der Waals surface area (Å²) in [6.45, 7) is 1.29. The molecular formula is C10H11ClN4O2. The number of hydrogen-bond acceptors (Lipinski definition) is 4. The number of esters is 1. The van der Waals surface area contributed by atoms with Crippen LogP contribution in [0, 0.1) is 0 Å². The highest BCUT2D eigenvalue weighted by atomic mass is 35.5. The van der Waals surface area contributed by atoms with E-state index in [2.05, 4.69) is 10.2 Å². The molecule has 1 aromatic rings. The van der Waals surface area contributed by atoms with E-state index < -0.39 is 5.97 Å². The third-order valence-corrected chi connectivity index (χ3v) is 1.96. The van der Waals surface area contributed by atoms with Gasteiger partial charge in [0.05, 0.1) is 16.8 Å². The molecule has 17 heavy (non-hydrogen) atoms. The predicted molar refractivity (Wildman–Crippen MR) is 66.2 cm³/mol. The van der Waals surface area contributed by atoms with Crippen LogP contribution in [0.5, 0.6) is 5.75 Å². The minimum absolute atomic E-state index is 0.178. The Balaban J connectivity index is 3.07. The lowest BCUT2D eigenvalue weighted by Crippen LogP contribution is -2.21. The summed E-state index contributed by atoms with van der Waals surface area (Å²) in [5, 5.41) is 7.40. The zero-order valence-electron chi connectivity index (χ0n) is 9.05. The van der Waals surface area contributed by atoms with Crippen LogP contribution in [0.15, 0.2) is 28.4 Å². The van der Waals surface area contributed by atoms with Crippen LogP contribution in [-0.4, -0.2) is 18.1 Å². The average Bonchev–Trinajstić information content (AvgIpc) is 2.21. The van der Waals surface area contributed by atoms with Crippen molar-refractivity contribution in [1.82, 2.24) is 0 Å². The molecule has 7 heteroatoms. The highest BCUT2D eigenvalue weighted by Gasteiger charge is 2.07. The number of ether oxygens (including phenoxy) is 1. The van der Waals surface area contributed by atoms with Gasteiger partial charge in [-0.3, -0.25) is 4.79 Å². The molecule has 0 atom stereocenters. The Morgan fingerprint density at radius 2 is 2.18 bits per heavy atom. The molecule has 0 radical (unpaired) electrons. The van der Waals surface area contributed by atoms with Gasteiger partial charge in [-0.25, -0.2) is 0 Å². The Bertz CT molecular complexity index is 481. The maximum absolute atomic E-state index is 10.9. The predicted octanol–water partition coefficient (Wildman–Crippen LogP) is 0.873. The molecule has 6 nitrogen and oxygen atoms in total. The molecule has 90 valence electrons. The van der Waals surface area contributed by atoms with E-state index >= 15 is 0 Å². The molecule has 0 aliphatic carbocycles. The number of halogens is 1. The lowest BCUT2D eigenvalue weighted by Gasteiger charge is -2.05. The van der Waals surface area contributed by atoms with E-state index in [1.54, 1.807) is 18.2 Å². The number of hydrogen-bond donors (Lipinski definition) is 2. The maximum Gasteiger partial charge on any atom is 0.308 e. The van der Waals surface area contributed by atoms with Gasteiger partial charge in [-0.15, -0.1) is 5.10 Å². The third-order valence-electron chi connectivity index (χ3n) is 1.63. The first-order valence-corrected chi connectivity index (χ1v) is 4.97. The molecule has 0 bridgehead atoms. The van der Waals surface area contributed by atoms with Gasteiger partial charge in [0.15, 0.2) is 0 Å². The molecule has 0 unspecified atom stereocenters. The fourth-order valence-corrected chi connectivity index (χ4v) is 1.25. The Morgan fingerprint density at radius 3 is 2.76 bits per heavy atom. The van der Waals surface area contributed by atoms with Gasteiger partial charge in [0.2, 0.25) is 5.96 Å². The monoisotopic (exact) mass is 254 g/mol. The van der Waals surface area contributed by atoms with Crippen LogP contribution in [0.3, 0.4) is 0 Å². The van der Waals surface area contributed by atoms with Gasteiger partial charge in [-0.2, -0.15) is 5.10 Å². The molecule has 4 N–H and O–H groups in total. The zero-order valence-corrected chi connectivity index (χ0v) is 9.81. The fourth-order valence-electron chi connectivity index (χ4n) is 1.04. The molecule has 0 aliphatic rings. The van der Waals surface area contributed by atoms with Crippen molar-refractivity contribution < 1.29 is 9.53 Å². The summed E-state index contributed by atoms with van der Waals surface area (Å²) >= 11 is 5.93. The summed E-state index contributed by atoms with van der Waals surface area (Å²) in [7, 11) is 0. The smallest absolute Gasteiger partial charge is 0.308 e. The summed E-state index contributed by atoms with van der Waals surface area (Å²) < 4.78 is 4.96. The largest absolute Gasteiger partial charge is 0.426 e. The number of carbonyl (C=O) groups is 1. The summed E-state index contributed by atoms with van der Waals surface area (Å²) in [6, 6.07) is 4.87. The van der Waals surface area contributed by atoms with Gasteiger partial charge < -0.3 is 16.2 Å². The van der Waals surface area contributed by atoms with Crippen molar-refractivity contribution in [2.45, 2.75) is 6.92 Å². The number of rotatable bonds is 3. The van der Waals surface area contributed by atoms with Crippen LogP contribution in [-0.2, 0) is 4.79 Å². The molecule has 0 saturated heterocycles. The van der Waals surface area contributed by atoms with Gasteiger partial charge in [0, 0.05) is 6.92 Å². The number of guanidine groups is 1. The first-order valence-electron chi connectivity index (χ1n) is 4.59. The average molecular weight is 255 g/mol. The van der Waals surface area contributed by atoms with Crippen LogP contribution in [0.4, 0.5) is 0 Å². The normalized spacial score (nSPS) is 10.2. The van der Waals surface area contributed by atoms with Gasteiger partial charge >= 0.3 is 5.97 Å². The first-order chi connectivity index (χ1) is 8.00. The van der Waals surface area contributed by atoms with Crippen molar-refractivity contribution >= 4 is 29.7 Å². The van der Waals surface area contributed by atoms with E-state index in [0.717, 1.165) is 0 Å². The van der Waals surface area contributed by atoms with Crippen molar-refractivity contribution in [1.29, 1.82) is 0 Å². The SMILES string of the molecule is CC(=O)Oc1cccc(Cl)c1/C=N/N=C(N)N. The fraction of sp³-hybridized carbons (Fsp3) is 0.100. The topological polar surface area (TPSA) is 103 Å². The van der Waals surface area contributed by atoms with Crippen LogP contribution < -0.4 is 16.2 Å². The van der Waals surface area contributed by atoms with Crippen molar-refractivity contribution in [3.63, 3.8) is 0 Å². The molecule has 0 aliphatic heterocycles. The molecule has 1 aromatic carbocycles. The molecule has 1 rings (SSSR count). The van der Waals surface area contributed by atoms with Crippen molar-refractivity contribution in [2.24, 2.45) is 21.7 Å². The molecule has 0 heterocycles. The van der Waals surface area contributed by atoms with E-state index in [1.807, 2.05) is 0 Å². The summed E-state index contributed by atoms with van der Waals surface area (Å²) in [5.41, 5.74) is 10.6. The minimum atomic E-state index is -0.455. The lowest BCUT2D eigenvalue weighted by molar-refractivity contribution is -0.131. The van der Waals surface area contributed by atoms with Crippen LogP contribution in [0.25, 0.3) is 0 Å².